The van der Waals surface area contributed by atoms with Crippen LogP contribution in [-0.4, -0.2) is 30.0 Å². The van der Waals surface area contributed by atoms with Crippen molar-refractivity contribution in [3.05, 3.63) is 65.5 Å². The van der Waals surface area contributed by atoms with Crippen LogP contribution in [0.15, 0.2) is 48.8 Å². The molecule has 0 unspecified atom stereocenters. The third-order valence-electron chi connectivity index (χ3n) is 3.58. The molecule has 0 fully saturated rings. The maximum Gasteiger partial charge on any atom is 0.0271 e. The SMILES string of the molecule is CCNCCc1ccccc1CN(C)Cc1ccncc1. The van der Waals surface area contributed by atoms with Crippen LogP contribution >= 0.6 is 0 Å². The highest BCUT2D eigenvalue weighted by Crippen LogP contribution is 2.13. The molecule has 0 radical (unpaired) electrons. The van der Waals surface area contributed by atoms with E-state index in [1.807, 2.05) is 12.4 Å². The van der Waals surface area contributed by atoms with Crippen LogP contribution in [0.2, 0.25) is 0 Å². The van der Waals surface area contributed by atoms with E-state index in [1.165, 1.54) is 16.7 Å². The van der Waals surface area contributed by atoms with Crippen molar-refractivity contribution in [3.8, 4) is 0 Å². The summed E-state index contributed by atoms with van der Waals surface area (Å²) in [5, 5.41) is 3.40. The molecule has 2 aromatic rings. The van der Waals surface area contributed by atoms with Crippen LogP contribution in [0, 0.1) is 0 Å². The van der Waals surface area contributed by atoms with Crippen LogP contribution < -0.4 is 5.32 Å². The molecule has 0 aliphatic heterocycles. The number of pyridine rings is 1. The zero-order chi connectivity index (χ0) is 14.9. The Morgan fingerprint density at radius 2 is 1.71 bits per heavy atom. The maximum atomic E-state index is 4.07. The van der Waals surface area contributed by atoms with Gasteiger partial charge in [-0.1, -0.05) is 31.2 Å². The first kappa shape index (κ1) is 15.7. The van der Waals surface area contributed by atoms with Gasteiger partial charge in [-0.15, -0.1) is 0 Å². The van der Waals surface area contributed by atoms with Gasteiger partial charge in [0.1, 0.15) is 0 Å². The first-order valence-electron chi connectivity index (χ1n) is 7.64. The predicted octanol–water partition coefficient (Wildman–Crippen LogP) is 2.87. The van der Waals surface area contributed by atoms with Crippen LogP contribution in [0.1, 0.15) is 23.6 Å². The number of benzene rings is 1. The fraction of sp³-hybridized carbons (Fsp3) is 0.389. The van der Waals surface area contributed by atoms with Crippen molar-refractivity contribution in [1.29, 1.82) is 0 Å². The summed E-state index contributed by atoms with van der Waals surface area (Å²) in [4.78, 5) is 6.42. The third-order valence-corrected chi connectivity index (χ3v) is 3.58. The summed E-state index contributed by atoms with van der Waals surface area (Å²) in [7, 11) is 2.17. The average Bonchev–Trinajstić information content (AvgIpc) is 2.50. The Kier molecular flexibility index (Phi) is 6.38. The van der Waals surface area contributed by atoms with Crippen LogP contribution in [0.3, 0.4) is 0 Å². The second kappa shape index (κ2) is 8.55. The monoisotopic (exact) mass is 283 g/mol. The standard InChI is InChI=1S/C18H25N3/c1-3-19-13-10-17-6-4-5-7-18(17)15-21(2)14-16-8-11-20-12-9-16/h4-9,11-12,19H,3,10,13-15H2,1-2H3. The second-order valence-corrected chi connectivity index (χ2v) is 5.40. The summed E-state index contributed by atoms with van der Waals surface area (Å²) in [6, 6.07) is 12.9. The normalized spacial score (nSPS) is 11.0. The molecule has 0 saturated carbocycles. The number of hydrogen-bond acceptors (Lipinski definition) is 3. The Balaban J connectivity index is 1.95. The molecular formula is C18H25N3. The van der Waals surface area contributed by atoms with E-state index >= 15 is 0 Å². The van der Waals surface area contributed by atoms with Crippen molar-refractivity contribution in [1.82, 2.24) is 15.2 Å². The van der Waals surface area contributed by atoms with E-state index in [0.29, 0.717) is 0 Å². The molecule has 112 valence electrons. The quantitative estimate of drug-likeness (QED) is 0.755. The third kappa shape index (κ3) is 5.29. The van der Waals surface area contributed by atoms with Crippen molar-refractivity contribution >= 4 is 0 Å². The molecule has 1 N–H and O–H groups in total. The van der Waals surface area contributed by atoms with E-state index < -0.39 is 0 Å². The Morgan fingerprint density at radius 3 is 2.43 bits per heavy atom. The van der Waals surface area contributed by atoms with E-state index in [9.17, 15) is 0 Å². The molecule has 21 heavy (non-hydrogen) atoms. The van der Waals surface area contributed by atoms with Gasteiger partial charge in [-0.25, -0.2) is 0 Å². The van der Waals surface area contributed by atoms with Crippen molar-refractivity contribution in [2.75, 3.05) is 20.1 Å². The molecule has 1 heterocycles. The van der Waals surface area contributed by atoms with Gasteiger partial charge in [-0.2, -0.15) is 0 Å². The number of hydrogen-bond donors (Lipinski definition) is 1. The van der Waals surface area contributed by atoms with Gasteiger partial charge in [-0.3, -0.25) is 9.88 Å². The van der Waals surface area contributed by atoms with E-state index in [-0.39, 0.29) is 0 Å². The Hall–Kier alpha value is -1.71. The van der Waals surface area contributed by atoms with Gasteiger partial charge >= 0.3 is 0 Å². The van der Waals surface area contributed by atoms with Gasteiger partial charge in [0, 0.05) is 25.5 Å². The first-order valence-corrected chi connectivity index (χ1v) is 7.64. The summed E-state index contributed by atoms with van der Waals surface area (Å²) in [6.45, 7) is 6.15. The molecule has 3 heteroatoms. The molecule has 1 aromatic heterocycles. The fourth-order valence-electron chi connectivity index (χ4n) is 2.50. The summed E-state index contributed by atoms with van der Waals surface area (Å²) in [5.74, 6) is 0. The van der Waals surface area contributed by atoms with Crippen LogP contribution in [0.25, 0.3) is 0 Å². The van der Waals surface area contributed by atoms with Gasteiger partial charge in [0.15, 0.2) is 0 Å². The molecule has 0 amide bonds. The van der Waals surface area contributed by atoms with Crippen molar-refractivity contribution < 1.29 is 0 Å². The van der Waals surface area contributed by atoms with Crippen LogP contribution in [0.5, 0.6) is 0 Å². The lowest BCUT2D eigenvalue weighted by Gasteiger charge is -2.19. The molecule has 0 aliphatic carbocycles. The molecule has 2 rings (SSSR count). The smallest absolute Gasteiger partial charge is 0.0271 e. The zero-order valence-corrected chi connectivity index (χ0v) is 13.0. The summed E-state index contributed by atoms with van der Waals surface area (Å²) in [6.07, 6.45) is 4.80. The Labute approximate surface area is 128 Å². The topological polar surface area (TPSA) is 28.2 Å². The minimum atomic E-state index is 0.948. The zero-order valence-electron chi connectivity index (χ0n) is 13.0. The summed E-state index contributed by atoms with van der Waals surface area (Å²) >= 11 is 0. The van der Waals surface area contributed by atoms with Gasteiger partial charge < -0.3 is 5.32 Å². The number of nitrogens with one attached hydrogen (secondary N) is 1. The fourth-order valence-corrected chi connectivity index (χ4v) is 2.50. The molecule has 0 bridgehead atoms. The van der Waals surface area contributed by atoms with Crippen molar-refractivity contribution in [2.45, 2.75) is 26.4 Å². The average molecular weight is 283 g/mol. The van der Waals surface area contributed by atoms with Crippen molar-refractivity contribution in [2.24, 2.45) is 0 Å². The van der Waals surface area contributed by atoms with Crippen LogP contribution in [-0.2, 0) is 19.5 Å². The minimum absolute atomic E-state index is 0.948. The van der Waals surface area contributed by atoms with Crippen molar-refractivity contribution in [3.63, 3.8) is 0 Å². The number of aromatic nitrogens is 1. The lowest BCUT2D eigenvalue weighted by Crippen LogP contribution is -2.20. The molecule has 0 atom stereocenters. The summed E-state index contributed by atoms with van der Waals surface area (Å²) < 4.78 is 0. The molecule has 0 saturated heterocycles. The maximum absolute atomic E-state index is 4.07. The van der Waals surface area contributed by atoms with Gasteiger partial charge in [0.25, 0.3) is 0 Å². The highest BCUT2D eigenvalue weighted by molar-refractivity contribution is 5.27. The lowest BCUT2D eigenvalue weighted by atomic mass is 10.0. The molecular weight excluding hydrogens is 258 g/mol. The second-order valence-electron chi connectivity index (χ2n) is 5.40. The highest BCUT2D eigenvalue weighted by Gasteiger charge is 2.06. The molecule has 0 spiro atoms. The van der Waals surface area contributed by atoms with E-state index in [4.69, 9.17) is 0 Å². The lowest BCUT2D eigenvalue weighted by molar-refractivity contribution is 0.318. The Bertz CT molecular complexity index is 525. The van der Waals surface area contributed by atoms with Crippen LogP contribution in [0.4, 0.5) is 0 Å². The van der Waals surface area contributed by atoms with E-state index in [0.717, 1.165) is 32.6 Å². The van der Waals surface area contributed by atoms with Gasteiger partial charge in [0.2, 0.25) is 0 Å². The van der Waals surface area contributed by atoms with E-state index in [1.54, 1.807) is 0 Å². The molecule has 0 aliphatic rings. The number of rotatable bonds is 8. The van der Waals surface area contributed by atoms with E-state index in [2.05, 4.69) is 65.6 Å². The predicted molar refractivity (Wildman–Crippen MR) is 88.1 cm³/mol. The highest BCUT2D eigenvalue weighted by atomic mass is 15.1. The first-order chi connectivity index (χ1) is 10.3. The number of likely N-dealkylation sites (N-methyl/N-ethyl adjacent to an activating group) is 1. The Morgan fingerprint density at radius 1 is 1.00 bits per heavy atom. The molecule has 3 nitrogen and oxygen atoms in total. The molecule has 1 aromatic carbocycles. The van der Waals surface area contributed by atoms with Gasteiger partial charge in [-0.05, 0) is 55.4 Å². The number of nitrogens with zero attached hydrogens (tertiary/aromatic N) is 2. The summed E-state index contributed by atoms with van der Waals surface area (Å²) in [5.41, 5.74) is 4.17. The van der Waals surface area contributed by atoms with Gasteiger partial charge in [0.05, 0.1) is 0 Å². The minimum Gasteiger partial charge on any atom is -0.317 e. The largest absolute Gasteiger partial charge is 0.317 e.